The molecular weight excluding hydrogens is 475 g/mol. The third-order valence-electron chi connectivity index (χ3n) is 6.83. The summed E-state index contributed by atoms with van der Waals surface area (Å²) in [6.45, 7) is 11.1. The van der Waals surface area contributed by atoms with Crippen molar-refractivity contribution in [1.29, 1.82) is 0 Å². The lowest BCUT2D eigenvalue weighted by molar-refractivity contribution is -0.137. The van der Waals surface area contributed by atoms with E-state index in [1.165, 1.54) is 6.07 Å². The summed E-state index contributed by atoms with van der Waals surface area (Å²) >= 11 is 6.22. The monoisotopic (exact) mass is 505 g/mol. The van der Waals surface area contributed by atoms with Crippen LogP contribution in [0.3, 0.4) is 0 Å². The number of alkyl halides is 3. The van der Waals surface area contributed by atoms with Crippen LogP contribution in [0.1, 0.15) is 57.8 Å². The predicted octanol–water partition coefficient (Wildman–Crippen LogP) is 6.98. The van der Waals surface area contributed by atoms with Crippen LogP contribution in [-0.2, 0) is 12.7 Å². The molecule has 3 aromatic rings. The first kappa shape index (κ1) is 25.7. The largest absolute Gasteiger partial charge is 0.416 e. The third-order valence-corrected chi connectivity index (χ3v) is 7.14. The van der Waals surface area contributed by atoms with Gasteiger partial charge in [0, 0.05) is 35.6 Å². The average molecular weight is 506 g/mol. The quantitative estimate of drug-likeness (QED) is 0.375. The minimum atomic E-state index is -4.47. The number of hydrogen-bond donors (Lipinski definition) is 0. The first-order valence-electron chi connectivity index (χ1n) is 12.1. The summed E-state index contributed by atoms with van der Waals surface area (Å²) in [5, 5.41) is 0.432. The third kappa shape index (κ3) is 5.41. The van der Waals surface area contributed by atoms with E-state index in [0.717, 1.165) is 43.9 Å². The fraction of sp³-hybridized carbons (Fsp3) is 0.481. The number of rotatable bonds is 5. The molecule has 4 nitrogen and oxygen atoms in total. The lowest BCUT2D eigenvalue weighted by atomic mass is 9.96. The van der Waals surface area contributed by atoms with E-state index < -0.39 is 11.7 Å². The van der Waals surface area contributed by atoms with Gasteiger partial charge in [0.25, 0.3) is 5.56 Å². The van der Waals surface area contributed by atoms with Gasteiger partial charge < -0.3 is 4.90 Å². The Morgan fingerprint density at radius 1 is 1.11 bits per heavy atom. The number of benzene rings is 2. The molecule has 2 heterocycles. The maximum absolute atomic E-state index is 13.7. The molecule has 1 atom stereocenters. The maximum Gasteiger partial charge on any atom is 0.416 e. The Bertz CT molecular complexity index is 1280. The van der Waals surface area contributed by atoms with Gasteiger partial charge in [0.15, 0.2) is 0 Å². The van der Waals surface area contributed by atoms with Crippen LogP contribution in [0.25, 0.3) is 22.0 Å². The van der Waals surface area contributed by atoms with E-state index in [2.05, 4.69) is 18.7 Å². The molecule has 0 radical (unpaired) electrons. The van der Waals surface area contributed by atoms with Crippen molar-refractivity contribution >= 4 is 22.5 Å². The van der Waals surface area contributed by atoms with Gasteiger partial charge in [-0.15, -0.1) is 0 Å². The minimum absolute atomic E-state index is 0.0118. The van der Waals surface area contributed by atoms with Gasteiger partial charge in [0.2, 0.25) is 0 Å². The summed E-state index contributed by atoms with van der Waals surface area (Å²) in [4.78, 5) is 21.0. The molecule has 0 saturated carbocycles. The zero-order valence-corrected chi connectivity index (χ0v) is 21.2. The highest BCUT2D eigenvalue weighted by Gasteiger charge is 2.31. The highest BCUT2D eigenvalue weighted by atomic mass is 35.5. The summed E-state index contributed by atoms with van der Waals surface area (Å²) in [6.07, 6.45) is -2.31. The van der Waals surface area contributed by atoms with E-state index in [9.17, 15) is 18.0 Å². The average Bonchev–Trinajstić information content (AvgIpc) is 2.80. The molecule has 2 aromatic carbocycles. The molecule has 1 fully saturated rings. The summed E-state index contributed by atoms with van der Waals surface area (Å²) < 4.78 is 41.0. The van der Waals surface area contributed by atoms with Crippen LogP contribution in [0, 0.1) is 5.92 Å². The smallest absolute Gasteiger partial charge is 0.301 e. The Kier molecular flexibility index (Phi) is 7.30. The SMILES string of the molecule is CC(C)c1nc2ccc(-c3ccc(C(F)(F)F)cc3Cl)cc2c(=O)n1C[C@H]1CCCN(C(C)C)C1. The topological polar surface area (TPSA) is 38.1 Å². The van der Waals surface area contributed by atoms with Gasteiger partial charge in [-0.1, -0.05) is 37.6 Å². The fourth-order valence-corrected chi connectivity index (χ4v) is 5.21. The number of fused-ring (bicyclic) bond motifs is 1. The van der Waals surface area contributed by atoms with Crippen LogP contribution in [0.2, 0.25) is 5.02 Å². The highest BCUT2D eigenvalue weighted by Crippen LogP contribution is 2.36. The Balaban J connectivity index is 1.76. The molecule has 0 amide bonds. The van der Waals surface area contributed by atoms with Crippen LogP contribution in [0.4, 0.5) is 13.2 Å². The van der Waals surface area contributed by atoms with Crippen molar-refractivity contribution in [3.63, 3.8) is 0 Å². The Morgan fingerprint density at radius 2 is 1.86 bits per heavy atom. The lowest BCUT2D eigenvalue weighted by Gasteiger charge is -2.36. The summed E-state index contributed by atoms with van der Waals surface area (Å²) in [7, 11) is 0. The molecule has 0 bridgehead atoms. The second-order valence-electron chi connectivity index (χ2n) is 10.1. The fourth-order valence-electron chi connectivity index (χ4n) is 4.92. The molecule has 188 valence electrons. The molecule has 1 aliphatic rings. The Labute approximate surface area is 208 Å². The number of aromatic nitrogens is 2. The number of hydrogen-bond acceptors (Lipinski definition) is 3. The Hall–Kier alpha value is -2.38. The number of piperidine rings is 1. The molecule has 1 saturated heterocycles. The van der Waals surface area contributed by atoms with Crippen LogP contribution in [-0.4, -0.2) is 33.6 Å². The van der Waals surface area contributed by atoms with E-state index in [4.69, 9.17) is 16.6 Å². The molecule has 0 aliphatic carbocycles. The standard InChI is InChI=1S/C27H31ClF3N3O/c1-16(2)25-32-24-10-7-19(21-9-8-20(13-23(21)28)27(29,30)31)12-22(24)26(35)34(25)15-18-6-5-11-33(14-18)17(3)4/h7-10,12-13,16-18H,5-6,11,14-15H2,1-4H3/t18-/m0/s1. The molecule has 0 unspecified atom stereocenters. The van der Waals surface area contributed by atoms with Crippen molar-refractivity contribution in [3.8, 4) is 11.1 Å². The minimum Gasteiger partial charge on any atom is -0.301 e. The Morgan fingerprint density at radius 3 is 2.49 bits per heavy atom. The second-order valence-corrected chi connectivity index (χ2v) is 10.5. The molecule has 0 spiro atoms. The lowest BCUT2D eigenvalue weighted by Crippen LogP contribution is -2.42. The first-order chi connectivity index (χ1) is 16.5. The van der Waals surface area contributed by atoms with Crippen molar-refractivity contribution in [3.05, 3.63) is 63.2 Å². The van der Waals surface area contributed by atoms with Gasteiger partial charge in [-0.05, 0) is 69.0 Å². The number of likely N-dealkylation sites (tertiary alicyclic amines) is 1. The van der Waals surface area contributed by atoms with Gasteiger partial charge in [-0.25, -0.2) is 4.98 Å². The zero-order valence-electron chi connectivity index (χ0n) is 20.5. The van der Waals surface area contributed by atoms with Crippen molar-refractivity contribution in [1.82, 2.24) is 14.5 Å². The summed E-state index contributed by atoms with van der Waals surface area (Å²) in [5.41, 5.74) is 0.683. The summed E-state index contributed by atoms with van der Waals surface area (Å²) in [5.74, 6) is 1.18. The van der Waals surface area contributed by atoms with Gasteiger partial charge in [-0.3, -0.25) is 9.36 Å². The van der Waals surface area contributed by atoms with E-state index >= 15 is 0 Å². The van der Waals surface area contributed by atoms with Gasteiger partial charge in [0.1, 0.15) is 5.82 Å². The second kappa shape index (κ2) is 9.94. The van der Waals surface area contributed by atoms with E-state index in [-0.39, 0.29) is 16.5 Å². The van der Waals surface area contributed by atoms with E-state index in [0.29, 0.717) is 40.5 Å². The number of halogens is 4. The molecule has 0 N–H and O–H groups in total. The van der Waals surface area contributed by atoms with Crippen molar-refractivity contribution < 1.29 is 13.2 Å². The molecule has 1 aliphatic heterocycles. The van der Waals surface area contributed by atoms with Gasteiger partial charge >= 0.3 is 6.18 Å². The van der Waals surface area contributed by atoms with Crippen molar-refractivity contribution in [2.45, 2.75) is 65.2 Å². The van der Waals surface area contributed by atoms with Crippen LogP contribution in [0.15, 0.2) is 41.2 Å². The van der Waals surface area contributed by atoms with E-state index in [1.54, 1.807) is 22.8 Å². The van der Waals surface area contributed by atoms with Crippen LogP contribution < -0.4 is 5.56 Å². The molecule has 8 heteroatoms. The van der Waals surface area contributed by atoms with Gasteiger partial charge in [-0.2, -0.15) is 13.2 Å². The highest BCUT2D eigenvalue weighted by molar-refractivity contribution is 6.33. The van der Waals surface area contributed by atoms with Crippen LogP contribution in [0.5, 0.6) is 0 Å². The molecular formula is C27H31ClF3N3O. The van der Waals surface area contributed by atoms with Gasteiger partial charge in [0.05, 0.1) is 16.5 Å². The van der Waals surface area contributed by atoms with Crippen molar-refractivity contribution in [2.24, 2.45) is 5.92 Å². The van der Waals surface area contributed by atoms with Crippen LogP contribution >= 0.6 is 11.6 Å². The zero-order chi connectivity index (χ0) is 25.5. The van der Waals surface area contributed by atoms with Crippen molar-refractivity contribution in [2.75, 3.05) is 13.1 Å². The predicted molar refractivity (Wildman–Crippen MR) is 135 cm³/mol. The molecule has 35 heavy (non-hydrogen) atoms. The number of nitrogens with zero attached hydrogens (tertiary/aromatic N) is 3. The normalized spacial score (nSPS) is 17.6. The first-order valence-corrected chi connectivity index (χ1v) is 12.5. The maximum atomic E-state index is 13.7. The molecule has 1 aromatic heterocycles. The van der Waals surface area contributed by atoms with E-state index in [1.807, 2.05) is 13.8 Å². The molecule has 4 rings (SSSR count). The summed E-state index contributed by atoms with van der Waals surface area (Å²) in [6, 6.07) is 8.93.